The summed E-state index contributed by atoms with van der Waals surface area (Å²) >= 11 is 0. The molecule has 1 heterocycles. The third kappa shape index (κ3) is 6.78. The number of carbonyl (C=O) groups is 1. The quantitative estimate of drug-likeness (QED) is 0.458. The van der Waals surface area contributed by atoms with E-state index in [1.165, 1.54) is 0 Å². The molecule has 0 aromatic carbocycles. The van der Waals surface area contributed by atoms with Gasteiger partial charge in [-0.2, -0.15) is 0 Å². The normalized spacial score (nSPS) is 11.4. The van der Waals surface area contributed by atoms with Crippen LogP contribution in [-0.4, -0.2) is 52.8 Å². The molecule has 1 unspecified atom stereocenters. The molecule has 4 N–H and O–H groups in total. The molecule has 0 spiro atoms. The minimum absolute atomic E-state index is 0.121. The largest absolute Gasteiger partial charge is 0.395 e. The van der Waals surface area contributed by atoms with Crippen molar-refractivity contribution < 1.29 is 15.0 Å². The predicted octanol–water partition coefficient (Wildman–Crippen LogP) is -1.29. The van der Waals surface area contributed by atoms with Crippen molar-refractivity contribution >= 4 is 6.29 Å². The number of rotatable bonds is 5. The second-order valence-corrected chi connectivity index (χ2v) is 2.80. The summed E-state index contributed by atoms with van der Waals surface area (Å²) in [5.74, 6) is 0. The van der Waals surface area contributed by atoms with Gasteiger partial charge in [-0.1, -0.05) is 0 Å². The number of aliphatic hydroxyl groups is 2. The van der Waals surface area contributed by atoms with Gasteiger partial charge in [0.1, 0.15) is 6.29 Å². The molecule has 1 rings (SSSR count). The van der Waals surface area contributed by atoms with Crippen molar-refractivity contribution in [1.29, 1.82) is 0 Å². The SMILES string of the molecule is CNC(CO)Cc1cnc[nH]1.O=CCO. The minimum atomic E-state index is -0.361. The summed E-state index contributed by atoms with van der Waals surface area (Å²) in [5, 5.41) is 19.3. The van der Waals surface area contributed by atoms with Crippen LogP contribution in [0.3, 0.4) is 0 Å². The van der Waals surface area contributed by atoms with Crippen molar-refractivity contribution in [2.75, 3.05) is 20.3 Å². The maximum Gasteiger partial charge on any atom is 0.145 e. The van der Waals surface area contributed by atoms with Crippen molar-refractivity contribution in [2.45, 2.75) is 12.5 Å². The molecule has 15 heavy (non-hydrogen) atoms. The summed E-state index contributed by atoms with van der Waals surface area (Å²) in [4.78, 5) is 15.8. The van der Waals surface area contributed by atoms with Crippen molar-refractivity contribution in [3.8, 4) is 0 Å². The van der Waals surface area contributed by atoms with Gasteiger partial charge in [0.05, 0.1) is 19.5 Å². The van der Waals surface area contributed by atoms with Gasteiger partial charge in [-0.3, -0.25) is 0 Å². The summed E-state index contributed by atoms with van der Waals surface area (Å²) in [6.07, 6.45) is 4.62. The van der Waals surface area contributed by atoms with Crippen LogP contribution >= 0.6 is 0 Å². The van der Waals surface area contributed by atoms with E-state index in [0.717, 1.165) is 12.1 Å². The van der Waals surface area contributed by atoms with Gasteiger partial charge in [0, 0.05) is 24.4 Å². The lowest BCUT2D eigenvalue weighted by atomic mass is 10.2. The Hall–Kier alpha value is -1.24. The molecule has 0 radical (unpaired) electrons. The van der Waals surface area contributed by atoms with Crippen LogP contribution in [0.15, 0.2) is 12.5 Å². The lowest BCUT2D eigenvalue weighted by Crippen LogP contribution is -2.31. The summed E-state index contributed by atoms with van der Waals surface area (Å²) in [5.41, 5.74) is 1.04. The highest BCUT2D eigenvalue weighted by molar-refractivity contribution is 5.49. The van der Waals surface area contributed by atoms with Crippen molar-refractivity contribution in [3.05, 3.63) is 18.2 Å². The van der Waals surface area contributed by atoms with E-state index in [9.17, 15) is 0 Å². The van der Waals surface area contributed by atoms with Crippen LogP contribution in [0.2, 0.25) is 0 Å². The number of imidazole rings is 1. The molecule has 6 heteroatoms. The van der Waals surface area contributed by atoms with E-state index in [-0.39, 0.29) is 19.3 Å². The molecule has 0 saturated heterocycles. The Morgan fingerprint density at radius 2 is 2.33 bits per heavy atom. The first-order valence-electron chi connectivity index (χ1n) is 4.58. The number of H-pyrrole nitrogens is 1. The van der Waals surface area contributed by atoms with E-state index < -0.39 is 0 Å². The molecule has 0 bridgehead atoms. The van der Waals surface area contributed by atoms with Gasteiger partial charge in [-0.25, -0.2) is 4.98 Å². The molecule has 6 nitrogen and oxygen atoms in total. The van der Waals surface area contributed by atoms with Gasteiger partial charge in [0.15, 0.2) is 0 Å². The van der Waals surface area contributed by atoms with Crippen LogP contribution in [0.5, 0.6) is 0 Å². The van der Waals surface area contributed by atoms with E-state index in [0.29, 0.717) is 6.29 Å². The molecule has 1 aromatic rings. The number of aldehydes is 1. The number of nitrogens with one attached hydrogen (secondary N) is 2. The Kier molecular flexibility index (Phi) is 8.55. The van der Waals surface area contributed by atoms with Gasteiger partial charge in [0.25, 0.3) is 0 Å². The van der Waals surface area contributed by atoms with E-state index in [1.54, 1.807) is 12.5 Å². The third-order valence-corrected chi connectivity index (χ3v) is 1.72. The Balaban J connectivity index is 0.000000423. The molecule has 1 aromatic heterocycles. The minimum Gasteiger partial charge on any atom is -0.395 e. The van der Waals surface area contributed by atoms with Crippen LogP contribution in [0.4, 0.5) is 0 Å². The maximum absolute atomic E-state index is 8.92. The Morgan fingerprint density at radius 3 is 2.67 bits per heavy atom. The zero-order chi connectivity index (χ0) is 11.5. The van der Waals surface area contributed by atoms with E-state index in [4.69, 9.17) is 15.0 Å². The molecule has 0 amide bonds. The first-order valence-corrected chi connectivity index (χ1v) is 4.58. The second kappa shape index (κ2) is 9.32. The monoisotopic (exact) mass is 215 g/mol. The molecule has 0 aliphatic rings. The smallest absolute Gasteiger partial charge is 0.145 e. The molecular formula is C9H17N3O3. The predicted molar refractivity (Wildman–Crippen MR) is 55.4 cm³/mol. The molecule has 0 aliphatic heterocycles. The number of aliphatic hydroxyl groups excluding tert-OH is 2. The Labute approximate surface area is 88.4 Å². The molecule has 0 saturated carbocycles. The lowest BCUT2D eigenvalue weighted by molar-refractivity contribution is -0.110. The highest BCUT2D eigenvalue weighted by Gasteiger charge is 2.05. The summed E-state index contributed by atoms with van der Waals surface area (Å²) in [6.45, 7) is -0.213. The topological polar surface area (TPSA) is 98.2 Å². The number of hydrogen-bond donors (Lipinski definition) is 4. The van der Waals surface area contributed by atoms with E-state index >= 15 is 0 Å². The Morgan fingerprint density at radius 1 is 1.67 bits per heavy atom. The van der Waals surface area contributed by atoms with Gasteiger partial charge in [-0.15, -0.1) is 0 Å². The second-order valence-electron chi connectivity index (χ2n) is 2.80. The first kappa shape index (κ1) is 13.8. The zero-order valence-electron chi connectivity index (χ0n) is 8.68. The summed E-state index contributed by atoms with van der Waals surface area (Å²) in [7, 11) is 1.83. The van der Waals surface area contributed by atoms with E-state index in [2.05, 4.69) is 15.3 Å². The number of nitrogens with zero attached hydrogens (tertiary/aromatic N) is 1. The molecule has 1 atom stereocenters. The zero-order valence-corrected chi connectivity index (χ0v) is 8.68. The van der Waals surface area contributed by atoms with Crippen LogP contribution in [-0.2, 0) is 11.2 Å². The van der Waals surface area contributed by atoms with E-state index in [1.807, 2.05) is 7.05 Å². The van der Waals surface area contributed by atoms with Gasteiger partial charge in [0.2, 0.25) is 0 Å². The van der Waals surface area contributed by atoms with Gasteiger partial charge in [-0.05, 0) is 7.05 Å². The number of aromatic nitrogens is 2. The highest BCUT2D eigenvalue weighted by Crippen LogP contribution is 1.96. The lowest BCUT2D eigenvalue weighted by Gasteiger charge is -2.10. The van der Waals surface area contributed by atoms with Gasteiger partial charge >= 0.3 is 0 Å². The highest BCUT2D eigenvalue weighted by atomic mass is 16.3. The number of aromatic amines is 1. The first-order chi connectivity index (χ1) is 7.28. The van der Waals surface area contributed by atoms with Crippen LogP contribution in [0, 0.1) is 0 Å². The van der Waals surface area contributed by atoms with Crippen molar-refractivity contribution in [1.82, 2.24) is 15.3 Å². The van der Waals surface area contributed by atoms with Crippen LogP contribution in [0.25, 0.3) is 0 Å². The fourth-order valence-electron chi connectivity index (χ4n) is 0.920. The Bertz CT molecular complexity index is 235. The standard InChI is InChI=1S/C7H13N3O.C2H4O2/c1-8-7(4-11)2-6-3-9-5-10-6;3-1-2-4/h3,5,7-8,11H,2,4H2,1H3,(H,9,10);1,4H,2H2. The average Bonchev–Trinajstić information content (AvgIpc) is 2.79. The van der Waals surface area contributed by atoms with Crippen LogP contribution in [0.1, 0.15) is 5.69 Å². The maximum atomic E-state index is 8.92. The molecule has 0 aliphatic carbocycles. The third-order valence-electron chi connectivity index (χ3n) is 1.72. The number of carbonyl (C=O) groups excluding carboxylic acids is 1. The molecule has 0 fully saturated rings. The average molecular weight is 215 g/mol. The van der Waals surface area contributed by atoms with Crippen LogP contribution < -0.4 is 5.32 Å². The fraction of sp³-hybridized carbons (Fsp3) is 0.556. The number of hydrogen-bond acceptors (Lipinski definition) is 5. The van der Waals surface area contributed by atoms with Crippen molar-refractivity contribution in [2.24, 2.45) is 0 Å². The van der Waals surface area contributed by atoms with Crippen molar-refractivity contribution in [3.63, 3.8) is 0 Å². The molecular weight excluding hydrogens is 198 g/mol. The fourth-order valence-corrected chi connectivity index (χ4v) is 0.920. The summed E-state index contributed by atoms with van der Waals surface area (Å²) < 4.78 is 0. The summed E-state index contributed by atoms with van der Waals surface area (Å²) in [6, 6.07) is 0.121. The molecule has 86 valence electrons. The number of likely N-dealkylation sites (N-methyl/N-ethyl adjacent to an activating group) is 1. The van der Waals surface area contributed by atoms with Gasteiger partial charge < -0.3 is 25.3 Å².